The zero-order valence-electron chi connectivity index (χ0n) is 11.8. The van der Waals surface area contributed by atoms with Gasteiger partial charge in [0.1, 0.15) is 5.75 Å². The molecule has 0 aromatic heterocycles. The van der Waals surface area contributed by atoms with Crippen molar-refractivity contribution in [1.29, 1.82) is 5.26 Å². The Bertz CT molecular complexity index is 414. The molecule has 4 nitrogen and oxygen atoms in total. The highest BCUT2D eigenvalue weighted by Crippen LogP contribution is 2.14. The van der Waals surface area contributed by atoms with Crippen LogP contribution in [0.1, 0.15) is 20.3 Å². The summed E-state index contributed by atoms with van der Waals surface area (Å²) in [6.45, 7) is 7.47. The number of benzene rings is 1. The maximum atomic E-state index is 8.81. The molecule has 104 valence electrons. The first-order chi connectivity index (χ1) is 9.15. The van der Waals surface area contributed by atoms with Crippen molar-refractivity contribution in [3.05, 3.63) is 24.3 Å². The zero-order chi connectivity index (χ0) is 14.1. The number of nitrogens with two attached hydrogens (primary N) is 1. The van der Waals surface area contributed by atoms with Crippen LogP contribution in [-0.4, -0.2) is 31.1 Å². The van der Waals surface area contributed by atoms with E-state index in [1.165, 1.54) is 0 Å². The number of hydrogen-bond acceptors (Lipinski definition) is 4. The van der Waals surface area contributed by atoms with E-state index in [2.05, 4.69) is 17.9 Å². The molecule has 0 spiro atoms. The topological polar surface area (TPSA) is 62.3 Å². The lowest BCUT2D eigenvalue weighted by Crippen LogP contribution is -2.29. The van der Waals surface area contributed by atoms with Gasteiger partial charge < -0.3 is 15.4 Å². The molecule has 0 aliphatic rings. The number of anilines is 1. The normalized spacial score (nSPS) is 12.1. The SMILES string of the molecule is CCN(CCCOc1cccc(N)c1)CC(C)C#N. The molecule has 4 heteroatoms. The van der Waals surface area contributed by atoms with Crippen molar-refractivity contribution in [2.75, 3.05) is 32.0 Å². The van der Waals surface area contributed by atoms with Crippen molar-refractivity contribution in [1.82, 2.24) is 4.90 Å². The van der Waals surface area contributed by atoms with Crippen LogP contribution in [0.3, 0.4) is 0 Å². The molecule has 2 N–H and O–H groups in total. The Balaban J connectivity index is 2.24. The molecule has 1 aromatic rings. The van der Waals surface area contributed by atoms with Gasteiger partial charge in [-0.2, -0.15) is 5.26 Å². The lowest BCUT2D eigenvalue weighted by atomic mass is 10.2. The van der Waals surface area contributed by atoms with E-state index in [0.717, 1.165) is 37.5 Å². The van der Waals surface area contributed by atoms with E-state index >= 15 is 0 Å². The van der Waals surface area contributed by atoms with E-state index in [9.17, 15) is 0 Å². The van der Waals surface area contributed by atoms with Gasteiger partial charge in [-0.05, 0) is 32.0 Å². The molecule has 0 radical (unpaired) electrons. The second kappa shape index (κ2) is 8.39. The Kier molecular flexibility index (Phi) is 6.76. The van der Waals surface area contributed by atoms with Crippen molar-refractivity contribution in [2.24, 2.45) is 5.92 Å². The average Bonchev–Trinajstić information content (AvgIpc) is 2.42. The van der Waals surface area contributed by atoms with Crippen LogP contribution in [0.2, 0.25) is 0 Å². The van der Waals surface area contributed by atoms with Crippen LogP contribution < -0.4 is 10.5 Å². The molecule has 0 bridgehead atoms. The second-order valence-electron chi connectivity index (χ2n) is 4.70. The number of nitriles is 1. The van der Waals surface area contributed by atoms with E-state index in [-0.39, 0.29) is 5.92 Å². The fourth-order valence-corrected chi connectivity index (χ4v) is 1.89. The highest BCUT2D eigenvalue weighted by molar-refractivity contribution is 5.43. The number of hydrogen-bond donors (Lipinski definition) is 1. The van der Waals surface area contributed by atoms with E-state index in [0.29, 0.717) is 6.61 Å². The Labute approximate surface area is 115 Å². The summed E-state index contributed by atoms with van der Waals surface area (Å²) in [5.74, 6) is 0.892. The third-order valence-corrected chi connectivity index (χ3v) is 2.95. The molecular formula is C15H23N3O. The first-order valence-corrected chi connectivity index (χ1v) is 6.76. The van der Waals surface area contributed by atoms with Crippen LogP contribution in [0.5, 0.6) is 5.75 Å². The average molecular weight is 261 g/mol. The fourth-order valence-electron chi connectivity index (χ4n) is 1.89. The highest BCUT2D eigenvalue weighted by atomic mass is 16.5. The Hall–Kier alpha value is -1.73. The summed E-state index contributed by atoms with van der Waals surface area (Å²) in [4.78, 5) is 2.27. The monoisotopic (exact) mass is 261 g/mol. The molecule has 0 saturated carbocycles. The van der Waals surface area contributed by atoms with Gasteiger partial charge in [0.05, 0.1) is 18.6 Å². The summed E-state index contributed by atoms with van der Waals surface area (Å²) in [7, 11) is 0. The van der Waals surface area contributed by atoms with Crippen molar-refractivity contribution < 1.29 is 4.74 Å². The molecule has 19 heavy (non-hydrogen) atoms. The molecule has 0 aliphatic heterocycles. The van der Waals surface area contributed by atoms with Gasteiger partial charge in [-0.1, -0.05) is 13.0 Å². The van der Waals surface area contributed by atoms with Crippen molar-refractivity contribution in [3.63, 3.8) is 0 Å². The van der Waals surface area contributed by atoms with Crippen LogP contribution in [0.4, 0.5) is 5.69 Å². The molecule has 1 unspecified atom stereocenters. The van der Waals surface area contributed by atoms with Crippen LogP contribution in [-0.2, 0) is 0 Å². The largest absolute Gasteiger partial charge is 0.493 e. The van der Waals surface area contributed by atoms with E-state index < -0.39 is 0 Å². The van der Waals surface area contributed by atoms with Gasteiger partial charge in [0.25, 0.3) is 0 Å². The minimum absolute atomic E-state index is 0.0785. The number of nitrogen functional groups attached to an aromatic ring is 1. The Morgan fingerprint density at radius 3 is 2.89 bits per heavy atom. The summed E-state index contributed by atoms with van der Waals surface area (Å²) in [5, 5.41) is 8.81. The maximum Gasteiger partial charge on any atom is 0.121 e. The van der Waals surface area contributed by atoms with Crippen LogP contribution >= 0.6 is 0 Å². The van der Waals surface area contributed by atoms with Gasteiger partial charge in [-0.15, -0.1) is 0 Å². The van der Waals surface area contributed by atoms with E-state index in [1.54, 1.807) is 0 Å². The molecule has 1 atom stereocenters. The molecule has 0 amide bonds. The van der Waals surface area contributed by atoms with E-state index in [1.807, 2.05) is 31.2 Å². The third-order valence-electron chi connectivity index (χ3n) is 2.95. The van der Waals surface area contributed by atoms with Crippen molar-refractivity contribution in [3.8, 4) is 11.8 Å². The van der Waals surface area contributed by atoms with Gasteiger partial charge in [0.2, 0.25) is 0 Å². The van der Waals surface area contributed by atoms with Crippen LogP contribution in [0, 0.1) is 17.2 Å². The van der Waals surface area contributed by atoms with Gasteiger partial charge in [-0.25, -0.2) is 0 Å². The molecule has 0 saturated heterocycles. The summed E-state index contributed by atoms with van der Waals surface area (Å²) in [6, 6.07) is 9.73. The van der Waals surface area contributed by atoms with Gasteiger partial charge in [0.15, 0.2) is 0 Å². The van der Waals surface area contributed by atoms with Crippen molar-refractivity contribution in [2.45, 2.75) is 20.3 Å². The second-order valence-corrected chi connectivity index (χ2v) is 4.70. The molecule has 0 fully saturated rings. The number of nitrogens with zero attached hydrogens (tertiary/aromatic N) is 2. The first kappa shape index (κ1) is 15.3. The molecule has 0 aliphatic carbocycles. The lowest BCUT2D eigenvalue weighted by molar-refractivity contribution is 0.231. The van der Waals surface area contributed by atoms with Crippen LogP contribution in [0.25, 0.3) is 0 Å². The lowest BCUT2D eigenvalue weighted by Gasteiger charge is -2.21. The quantitative estimate of drug-likeness (QED) is 0.577. The highest BCUT2D eigenvalue weighted by Gasteiger charge is 2.07. The minimum atomic E-state index is 0.0785. The molecular weight excluding hydrogens is 238 g/mol. The summed E-state index contributed by atoms with van der Waals surface area (Å²) in [5.41, 5.74) is 6.40. The van der Waals surface area contributed by atoms with Gasteiger partial charge in [0, 0.05) is 24.8 Å². The summed E-state index contributed by atoms with van der Waals surface area (Å²) >= 11 is 0. The standard InChI is InChI=1S/C15H23N3O/c1-3-18(12-13(2)11-16)8-5-9-19-15-7-4-6-14(17)10-15/h4,6-7,10,13H,3,5,8-9,12,17H2,1-2H3. The number of ether oxygens (including phenoxy) is 1. The predicted molar refractivity (Wildman–Crippen MR) is 77.9 cm³/mol. The van der Waals surface area contributed by atoms with Crippen LogP contribution in [0.15, 0.2) is 24.3 Å². The van der Waals surface area contributed by atoms with Crippen molar-refractivity contribution >= 4 is 5.69 Å². The number of rotatable bonds is 8. The Morgan fingerprint density at radius 2 is 2.26 bits per heavy atom. The third kappa shape index (κ3) is 6.12. The molecule has 0 heterocycles. The first-order valence-electron chi connectivity index (χ1n) is 6.76. The molecule has 1 aromatic carbocycles. The maximum absolute atomic E-state index is 8.81. The minimum Gasteiger partial charge on any atom is -0.493 e. The zero-order valence-corrected chi connectivity index (χ0v) is 11.8. The Morgan fingerprint density at radius 1 is 1.47 bits per heavy atom. The summed E-state index contributed by atoms with van der Waals surface area (Å²) in [6.07, 6.45) is 0.945. The molecule has 1 rings (SSSR count). The fraction of sp³-hybridized carbons (Fsp3) is 0.533. The smallest absolute Gasteiger partial charge is 0.121 e. The predicted octanol–water partition coefficient (Wildman–Crippen LogP) is 2.52. The summed E-state index contributed by atoms with van der Waals surface area (Å²) < 4.78 is 5.64. The van der Waals surface area contributed by atoms with E-state index in [4.69, 9.17) is 15.7 Å². The van der Waals surface area contributed by atoms with Gasteiger partial charge in [-0.3, -0.25) is 0 Å². The van der Waals surface area contributed by atoms with Gasteiger partial charge >= 0.3 is 0 Å².